The van der Waals surface area contributed by atoms with Crippen molar-refractivity contribution in [3.63, 3.8) is 0 Å². The van der Waals surface area contributed by atoms with E-state index in [0.717, 1.165) is 36.3 Å². The Morgan fingerprint density at radius 2 is 1.95 bits per heavy atom. The van der Waals surface area contributed by atoms with Gasteiger partial charge in [0.2, 0.25) is 0 Å². The Morgan fingerprint density at radius 1 is 1.19 bits per heavy atom. The normalized spacial score (nSPS) is 12.8. The van der Waals surface area contributed by atoms with Crippen molar-refractivity contribution in [3.8, 4) is 0 Å². The average Bonchev–Trinajstić information content (AvgIpc) is 2.94. The van der Waals surface area contributed by atoms with Crippen LogP contribution < -0.4 is 5.32 Å². The summed E-state index contributed by atoms with van der Waals surface area (Å²) in [7, 11) is 1.98. The minimum absolute atomic E-state index is 0.204. The van der Waals surface area contributed by atoms with Crippen LogP contribution in [-0.2, 0) is 6.42 Å². The number of likely N-dealkylation sites (N-methyl/N-ethyl adjacent to an activating group) is 1. The van der Waals surface area contributed by atoms with Gasteiger partial charge in [0.15, 0.2) is 0 Å². The molecule has 0 fully saturated rings. The summed E-state index contributed by atoms with van der Waals surface area (Å²) < 4.78 is 2.10. The highest BCUT2D eigenvalue weighted by molar-refractivity contribution is 5.16. The summed E-state index contributed by atoms with van der Waals surface area (Å²) in [5, 5.41) is 8.09. The second-order valence-corrected chi connectivity index (χ2v) is 5.51. The summed E-state index contributed by atoms with van der Waals surface area (Å²) in [6, 6.07) is 8.99. The van der Waals surface area contributed by atoms with Gasteiger partial charge >= 0.3 is 0 Å². The van der Waals surface area contributed by atoms with E-state index < -0.39 is 0 Å². The first-order valence-corrected chi connectivity index (χ1v) is 7.82. The van der Waals surface area contributed by atoms with Gasteiger partial charge in [-0.3, -0.25) is 9.67 Å². The molecule has 0 saturated carbocycles. The van der Waals surface area contributed by atoms with E-state index in [1.165, 1.54) is 0 Å². The van der Waals surface area contributed by atoms with Crippen LogP contribution in [0.25, 0.3) is 0 Å². The van der Waals surface area contributed by atoms with E-state index in [9.17, 15) is 0 Å². The lowest BCUT2D eigenvalue weighted by Gasteiger charge is -2.15. The molecule has 1 N–H and O–H groups in total. The number of nitrogens with zero attached hydrogens (tertiary/aromatic N) is 3. The fraction of sp³-hybridized carbons (Fsp3) is 0.529. The molecule has 114 valence electrons. The Morgan fingerprint density at radius 3 is 2.57 bits per heavy atom. The van der Waals surface area contributed by atoms with Crippen LogP contribution in [0.1, 0.15) is 55.9 Å². The van der Waals surface area contributed by atoms with Gasteiger partial charge in [0.1, 0.15) is 0 Å². The zero-order chi connectivity index (χ0) is 15.2. The van der Waals surface area contributed by atoms with E-state index in [-0.39, 0.29) is 6.04 Å². The summed E-state index contributed by atoms with van der Waals surface area (Å²) in [6.45, 7) is 6.45. The van der Waals surface area contributed by atoms with Gasteiger partial charge in [-0.2, -0.15) is 5.10 Å². The summed E-state index contributed by atoms with van der Waals surface area (Å²) in [5.74, 6) is 0. The summed E-state index contributed by atoms with van der Waals surface area (Å²) in [5.41, 5.74) is 3.24. The third kappa shape index (κ3) is 3.91. The molecule has 0 aliphatic heterocycles. The molecule has 21 heavy (non-hydrogen) atoms. The van der Waals surface area contributed by atoms with Crippen LogP contribution in [0.4, 0.5) is 0 Å². The summed E-state index contributed by atoms with van der Waals surface area (Å²) >= 11 is 0. The van der Waals surface area contributed by atoms with E-state index in [1.807, 2.05) is 20.0 Å². The zero-order valence-corrected chi connectivity index (χ0v) is 13.5. The van der Waals surface area contributed by atoms with Crippen LogP contribution >= 0.6 is 0 Å². The van der Waals surface area contributed by atoms with Crippen molar-refractivity contribution in [2.45, 2.75) is 52.1 Å². The first-order valence-electron chi connectivity index (χ1n) is 7.82. The van der Waals surface area contributed by atoms with E-state index in [4.69, 9.17) is 5.10 Å². The standard InChI is InChI=1S/C17H26N4/c1-5-15(6-2)21-11-10-14(20-21)12-17(18-4)16-9-7-8-13(3)19-16/h7-11,15,17-18H,5-6,12H2,1-4H3. The molecule has 0 aliphatic carbocycles. The molecule has 4 nitrogen and oxygen atoms in total. The van der Waals surface area contributed by atoms with Crippen LogP contribution in [0.15, 0.2) is 30.5 Å². The van der Waals surface area contributed by atoms with Crippen molar-refractivity contribution in [2.75, 3.05) is 7.05 Å². The molecule has 0 radical (unpaired) electrons. The van der Waals surface area contributed by atoms with Gasteiger partial charge < -0.3 is 5.32 Å². The van der Waals surface area contributed by atoms with Crippen LogP contribution in [0.5, 0.6) is 0 Å². The maximum Gasteiger partial charge on any atom is 0.0644 e. The molecule has 2 aromatic heterocycles. The van der Waals surface area contributed by atoms with Gasteiger partial charge in [-0.05, 0) is 45.0 Å². The largest absolute Gasteiger partial charge is 0.311 e. The molecular weight excluding hydrogens is 260 g/mol. The second-order valence-electron chi connectivity index (χ2n) is 5.51. The van der Waals surface area contributed by atoms with Gasteiger partial charge in [-0.25, -0.2) is 0 Å². The lowest BCUT2D eigenvalue weighted by Crippen LogP contribution is -2.20. The quantitative estimate of drug-likeness (QED) is 0.847. The predicted molar refractivity (Wildman–Crippen MR) is 86.3 cm³/mol. The van der Waals surface area contributed by atoms with Crippen LogP contribution in [0.3, 0.4) is 0 Å². The highest BCUT2D eigenvalue weighted by atomic mass is 15.3. The van der Waals surface area contributed by atoms with Crippen molar-refractivity contribution >= 4 is 0 Å². The molecule has 0 aromatic carbocycles. The van der Waals surface area contributed by atoms with Crippen molar-refractivity contribution < 1.29 is 0 Å². The van der Waals surface area contributed by atoms with E-state index in [2.05, 4.69) is 53.2 Å². The van der Waals surface area contributed by atoms with Gasteiger partial charge in [0.05, 0.1) is 23.5 Å². The molecule has 2 heterocycles. The fourth-order valence-electron chi connectivity index (χ4n) is 2.67. The number of hydrogen-bond acceptors (Lipinski definition) is 3. The average molecular weight is 286 g/mol. The Balaban J connectivity index is 2.12. The summed E-state index contributed by atoms with van der Waals surface area (Å²) in [4.78, 5) is 4.62. The molecule has 1 atom stereocenters. The topological polar surface area (TPSA) is 42.7 Å². The SMILES string of the molecule is CCC(CC)n1ccc(CC(NC)c2cccc(C)n2)n1. The van der Waals surface area contributed by atoms with Gasteiger partial charge in [0.25, 0.3) is 0 Å². The molecule has 2 aromatic rings. The number of rotatable bonds is 7. The van der Waals surface area contributed by atoms with Crippen molar-refractivity contribution in [3.05, 3.63) is 47.5 Å². The van der Waals surface area contributed by atoms with Gasteiger partial charge in [-0.15, -0.1) is 0 Å². The van der Waals surface area contributed by atoms with Crippen molar-refractivity contribution in [1.82, 2.24) is 20.1 Å². The van der Waals surface area contributed by atoms with Gasteiger partial charge in [-0.1, -0.05) is 19.9 Å². The molecule has 0 amide bonds. The van der Waals surface area contributed by atoms with Crippen molar-refractivity contribution in [1.29, 1.82) is 0 Å². The van der Waals surface area contributed by atoms with E-state index >= 15 is 0 Å². The summed E-state index contributed by atoms with van der Waals surface area (Å²) in [6.07, 6.45) is 5.20. The molecule has 0 bridgehead atoms. The predicted octanol–water partition coefficient (Wildman–Crippen LogP) is 3.45. The van der Waals surface area contributed by atoms with Crippen molar-refractivity contribution in [2.24, 2.45) is 0 Å². The smallest absolute Gasteiger partial charge is 0.0644 e. The second kappa shape index (κ2) is 7.36. The third-order valence-corrected chi connectivity index (χ3v) is 4.01. The third-order valence-electron chi connectivity index (χ3n) is 4.01. The molecular formula is C17H26N4. The Hall–Kier alpha value is -1.68. The van der Waals surface area contributed by atoms with Gasteiger partial charge in [0, 0.05) is 18.3 Å². The minimum atomic E-state index is 0.204. The number of aryl methyl sites for hydroxylation is 1. The number of aromatic nitrogens is 3. The molecule has 1 unspecified atom stereocenters. The molecule has 2 rings (SSSR count). The Labute approximate surface area is 127 Å². The highest BCUT2D eigenvalue weighted by Crippen LogP contribution is 2.18. The number of hydrogen-bond donors (Lipinski definition) is 1. The maximum absolute atomic E-state index is 4.74. The Kier molecular flexibility index (Phi) is 5.51. The monoisotopic (exact) mass is 286 g/mol. The number of nitrogens with one attached hydrogen (secondary N) is 1. The Bertz CT molecular complexity index is 557. The molecule has 0 aliphatic rings. The van der Waals surface area contributed by atoms with Crippen LogP contribution in [0.2, 0.25) is 0 Å². The van der Waals surface area contributed by atoms with E-state index in [0.29, 0.717) is 6.04 Å². The fourth-order valence-corrected chi connectivity index (χ4v) is 2.67. The molecule has 4 heteroatoms. The lowest BCUT2D eigenvalue weighted by atomic mass is 10.1. The maximum atomic E-state index is 4.74. The minimum Gasteiger partial charge on any atom is -0.311 e. The number of pyridine rings is 1. The lowest BCUT2D eigenvalue weighted by molar-refractivity contribution is 0.423. The first kappa shape index (κ1) is 15.7. The van der Waals surface area contributed by atoms with Crippen LogP contribution in [0, 0.1) is 6.92 Å². The molecule has 0 saturated heterocycles. The zero-order valence-electron chi connectivity index (χ0n) is 13.5. The first-order chi connectivity index (χ1) is 10.2. The van der Waals surface area contributed by atoms with E-state index in [1.54, 1.807) is 0 Å². The highest BCUT2D eigenvalue weighted by Gasteiger charge is 2.14. The van der Waals surface area contributed by atoms with Crippen LogP contribution in [-0.4, -0.2) is 21.8 Å². The molecule has 0 spiro atoms.